The molecule has 1 aromatic carbocycles. The Bertz CT molecular complexity index is 489. The molecule has 0 saturated carbocycles. The van der Waals surface area contributed by atoms with Gasteiger partial charge in [-0.1, -0.05) is 26.8 Å². The first kappa shape index (κ1) is 19.3. The van der Waals surface area contributed by atoms with Crippen LogP contribution in [-0.4, -0.2) is 32.2 Å². The van der Waals surface area contributed by atoms with Crippen molar-refractivity contribution < 1.29 is 14.3 Å². The lowest BCUT2D eigenvalue weighted by atomic mass is 10.0. The van der Waals surface area contributed by atoms with E-state index in [1.54, 1.807) is 7.11 Å². The van der Waals surface area contributed by atoms with Crippen molar-refractivity contribution in [3.63, 3.8) is 0 Å². The Morgan fingerprint density at radius 2 is 1.96 bits per heavy atom. The van der Waals surface area contributed by atoms with Gasteiger partial charge in [-0.25, -0.2) is 0 Å². The number of amides is 1. The standard InChI is InChI=1S/C18H30N2O3/c1-6-15(13(3)4)20-11-14-8-9-16(17(10-14)22-5)23-12-18(21)19-7-2/h8-10,13,15,20H,6-7,11-12H2,1-5H3,(H,19,21). The Morgan fingerprint density at radius 1 is 1.22 bits per heavy atom. The van der Waals surface area contributed by atoms with E-state index in [4.69, 9.17) is 9.47 Å². The second kappa shape index (κ2) is 10.1. The summed E-state index contributed by atoms with van der Waals surface area (Å²) in [7, 11) is 1.61. The van der Waals surface area contributed by atoms with Crippen molar-refractivity contribution in [2.45, 2.75) is 46.7 Å². The van der Waals surface area contributed by atoms with Gasteiger partial charge in [0.15, 0.2) is 18.1 Å². The molecule has 23 heavy (non-hydrogen) atoms. The Labute approximate surface area is 139 Å². The number of carbonyl (C=O) groups excluding carboxylic acids is 1. The maximum absolute atomic E-state index is 11.5. The average molecular weight is 322 g/mol. The van der Waals surface area contributed by atoms with E-state index in [-0.39, 0.29) is 12.5 Å². The van der Waals surface area contributed by atoms with Crippen LogP contribution in [0.4, 0.5) is 0 Å². The Morgan fingerprint density at radius 3 is 2.52 bits per heavy atom. The molecule has 1 atom stereocenters. The van der Waals surface area contributed by atoms with Gasteiger partial charge in [0.05, 0.1) is 7.11 Å². The Balaban J connectivity index is 2.66. The largest absolute Gasteiger partial charge is 0.493 e. The maximum atomic E-state index is 11.5. The molecule has 0 radical (unpaired) electrons. The quantitative estimate of drug-likeness (QED) is 0.695. The zero-order valence-corrected chi connectivity index (χ0v) is 14.9. The number of ether oxygens (including phenoxy) is 2. The molecule has 130 valence electrons. The van der Waals surface area contributed by atoms with Crippen LogP contribution < -0.4 is 20.1 Å². The van der Waals surface area contributed by atoms with Crippen LogP contribution in [0.25, 0.3) is 0 Å². The average Bonchev–Trinajstić information content (AvgIpc) is 2.53. The molecular weight excluding hydrogens is 292 g/mol. The van der Waals surface area contributed by atoms with E-state index in [2.05, 4.69) is 31.4 Å². The van der Waals surface area contributed by atoms with Crippen molar-refractivity contribution in [1.82, 2.24) is 10.6 Å². The minimum Gasteiger partial charge on any atom is -0.493 e. The van der Waals surface area contributed by atoms with Crippen molar-refractivity contribution in [3.8, 4) is 11.5 Å². The molecule has 0 aliphatic carbocycles. The lowest BCUT2D eigenvalue weighted by molar-refractivity contribution is -0.123. The zero-order valence-electron chi connectivity index (χ0n) is 14.9. The third-order valence-corrected chi connectivity index (χ3v) is 3.77. The highest BCUT2D eigenvalue weighted by Gasteiger charge is 2.12. The molecule has 1 unspecified atom stereocenters. The minimum atomic E-state index is -0.136. The highest BCUT2D eigenvalue weighted by molar-refractivity contribution is 5.77. The SMILES string of the molecule is CCNC(=O)COc1ccc(CNC(CC)C(C)C)cc1OC. The molecule has 0 fully saturated rings. The van der Waals surface area contributed by atoms with Gasteiger partial charge in [0.2, 0.25) is 0 Å². The molecule has 0 aromatic heterocycles. The van der Waals surface area contributed by atoms with Crippen LogP contribution in [-0.2, 0) is 11.3 Å². The Kier molecular flexibility index (Phi) is 8.48. The number of hydrogen-bond acceptors (Lipinski definition) is 4. The normalized spacial score (nSPS) is 12.1. The monoisotopic (exact) mass is 322 g/mol. The molecule has 0 bridgehead atoms. The smallest absolute Gasteiger partial charge is 0.257 e. The lowest BCUT2D eigenvalue weighted by Crippen LogP contribution is -2.32. The van der Waals surface area contributed by atoms with Gasteiger partial charge in [-0.05, 0) is 37.0 Å². The highest BCUT2D eigenvalue weighted by Crippen LogP contribution is 2.28. The van der Waals surface area contributed by atoms with Crippen molar-refractivity contribution in [2.75, 3.05) is 20.3 Å². The van der Waals surface area contributed by atoms with Crippen LogP contribution in [0, 0.1) is 5.92 Å². The second-order valence-electron chi connectivity index (χ2n) is 5.87. The van der Waals surface area contributed by atoms with E-state index in [1.807, 2.05) is 25.1 Å². The van der Waals surface area contributed by atoms with Crippen molar-refractivity contribution in [2.24, 2.45) is 5.92 Å². The van der Waals surface area contributed by atoms with Gasteiger partial charge in [-0.2, -0.15) is 0 Å². The van der Waals surface area contributed by atoms with Gasteiger partial charge in [0, 0.05) is 19.1 Å². The van der Waals surface area contributed by atoms with Gasteiger partial charge in [0.1, 0.15) is 0 Å². The predicted molar refractivity (Wildman–Crippen MR) is 92.9 cm³/mol. The van der Waals surface area contributed by atoms with Crippen LogP contribution in [0.3, 0.4) is 0 Å². The van der Waals surface area contributed by atoms with Gasteiger partial charge in [-0.3, -0.25) is 4.79 Å². The summed E-state index contributed by atoms with van der Waals surface area (Å²) in [5.74, 6) is 1.69. The van der Waals surface area contributed by atoms with E-state index in [0.29, 0.717) is 30.0 Å². The van der Waals surface area contributed by atoms with Gasteiger partial charge in [0.25, 0.3) is 5.91 Å². The zero-order chi connectivity index (χ0) is 17.2. The van der Waals surface area contributed by atoms with Gasteiger partial charge in [-0.15, -0.1) is 0 Å². The number of nitrogens with one attached hydrogen (secondary N) is 2. The first-order valence-electron chi connectivity index (χ1n) is 8.31. The number of benzene rings is 1. The molecule has 0 aliphatic heterocycles. The van der Waals surface area contributed by atoms with Crippen LogP contribution >= 0.6 is 0 Å². The summed E-state index contributed by atoms with van der Waals surface area (Å²) in [6, 6.07) is 6.29. The molecule has 5 heteroatoms. The van der Waals surface area contributed by atoms with Gasteiger partial charge >= 0.3 is 0 Å². The molecule has 0 spiro atoms. The van der Waals surface area contributed by atoms with Crippen molar-refractivity contribution in [1.29, 1.82) is 0 Å². The number of likely N-dealkylation sites (N-methyl/N-ethyl adjacent to an activating group) is 1. The van der Waals surface area contributed by atoms with Crippen molar-refractivity contribution >= 4 is 5.91 Å². The summed E-state index contributed by atoms with van der Waals surface area (Å²) < 4.78 is 10.9. The summed E-state index contributed by atoms with van der Waals surface area (Å²) in [4.78, 5) is 11.5. The van der Waals surface area contributed by atoms with Crippen molar-refractivity contribution in [3.05, 3.63) is 23.8 Å². The molecule has 1 aromatic rings. The molecule has 1 amide bonds. The Hall–Kier alpha value is -1.75. The minimum absolute atomic E-state index is 0.00689. The molecule has 1 rings (SSSR count). The molecular formula is C18H30N2O3. The molecule has 5 nitrogen and oxygen atoms in total. The second-order valence-corrected chi connectivity index (χ2v) is 5.87. The first-order valence-corrected chi connectivity index (χ1v) is 8.31. The molecule has 2 N–H and O–H groups in total. The van der Waals surface area contributed by atoms with Crippen LogP contribution in [0.1, 0.15) is 39.7 Å². The van der Waals surface area contributed by atoms with Crippen LogP contribution in [0.2, 0.25) is 0 Å². The fourth-order valence-electron chi connectivity index (χ4n) is 2.43. The number of hydrogen-bond donors (Lipinski definition) is 2. The first-order chi connectivity index (χ1) is 11.0. The third-order valence-electron chi connectivity index (χ3n) is 3.77. The fraction of sp³-hybridized carbons (Fsp3) is 0.611. The summed E-state index contributed by atoms with van der Waals surface area (Å²) in [6.07, 6.45) is 1.10. The summed E-state index contributed by atoms with van der Waals surface area (Å²) >= 11 is 0. The lowest BCUT2D eigenvalue weighted by Gasteiger charge is -2.21. The summed E-state index contributed by atoms with van der Waals surface area (Å²) in [6.45, 7) is 9.88. The van der Waals surface area contributed by atoms with Crippen LogP contribution in [0.5, 0.6) is 11.5 Å². The predicted octanol–water partition coefficient (Wildman–Crippen LogP) is 2.73. The van der Waals surface area contributed by atoms with Crippen LogP contribution in [0.15, 0.2) is 18.2 Å². The van der Waals surface area contributed by atoms with E-state index in [0.717, 1.165) is 18.5 Å². The number of rotatable bonds is 10. The van der Waals surface area contributed by atoms with Gasteiger partial charge < -0.3 is 20.1 Å². The molecule has 0 saturated heterocycles. The number of carbonyl (C=O) groups is 1. The highest BCUT2D eigenvalue weighted by atomic mass is 16.5. The van der Waals surface area contributed by atoms with E-state index in [9.17, 15) is 4.79 Å². The summed E-state index contributed by atoms with van der Waals surface area (Å²) in [5, 5.41) is 6.26. The topological polar surface area (TPSA) is 59.6 Å². The molecule has 0 aliphatic rings. The van der Waals surface area contributed by atoms with E-state index >= 15 is 0 Å². The maximum Gasteiger partial charge on any atom is 0.257 e. The third kappa shape index (κ3) is 6.48. The van der Waals surface area contributed by atoms with E-state index < -0.39 is 0 Å². The number of methoxy groups -OCH3 is 1. The molecule has 0 heterocycles. The summed E-state index contributed by atoms with van der Waals surface area (Å²) in [5.41, 5.74) is 1.13. The fourth-order valence-corrected chi connectivity index (χ4v) is 2.43. The van der Waals surface area contributed by atoms with E-state index in [1.165, 1.54) is 0 Å².